The molecule has 1 aromatic carbocycles. The fourth-order valence-electron chi connectivity index (χ4n) is 1.32. The monoisotopic (exact) mass is 229 g/mol. The molecule has 0 aliphatic carbocycles. The number of anilines is 1. The lowest BCUT2D eigenvalue weighted by atomic mass is 10.1. The van der Waals surface area contributed by atoms with Crippen molar-refractivity contribution in [1.82, 2.24) is 9.97 Å². The molecule has 0 amide bonds. The Labute approximate surface area is 98.3 Å². The Morgan fingerprint density at radius 3 is 2.53 bits per heavy atom. The molecule has 0 saturated carbocycles. The molecule has 1 heterocycles. The van der Waals surface area contributed by atoms with Crippen molar-refractivity contribution >= 4 is 11.7 Å². The molecule has 0 saturated heterocycles. The van der Waals surface area contributed by atoms with Crippen molar-refractivity contribution in [2.24, 2.45) is 0 Å². The summed E-state index contributed by atoms with van der Waals surface area (Å²) in [6.07, 6.45) is 2.76. The summed E-state index contributed by atoms with van der Waals surface area (Å²) < 4.78 is 5.02. The molecule has 0 radical (unpaired) electrons. The van der Waals surface area contributed by atoms with Crippen LogP contribution in [0, 0.1) is 6.92 Å². The molecule has 0 spiro atoms. The number of carbonyl (C=O) groups excluding carboxylic acids is 1. The number of aromatic nitrogens is 2. The minimum atomic E-state index is -0.479. The first-order valence-corrected chi connectivity index (χ1v) is 5.02. The van der Waals surface area contributed by atoms with Crippen molar-refractivity contribution in [3.8, 4) is 6.01 Å². The third-order valence-electron chi connectivity index (χ3n) is 2.20. The van der Waals surface area contributed by atoms with Gasteiger partial charge in [0, 0.05) is 0 Å². The third-order valence-corrected chi connectivity index (χ3v) is 2.20. The number of nitrogens with zero attached hydrogens (tertiary/aromatic N) is 2. The molecule has 0 atom stereocenters. The molecule has 17 heavy (non-hydrogen) atoms. The van der Waals surface area contributed by atoms with Crippen molar-refractivity contribution in [2.45, 2.75) is 6.92 Å². The number of ether oxygens (including phenoxy) is 1. The van der Waals surface area contributed by atoms with Gasteiger partial charge in [-0.3, -0.25) is 0 Å². The molecule has 86 valence electrons. The Morgan fingerprint density at radius 2 is 1.88 bits per heavy atom. The van der Waals surface area contributed by atoms with Gasteiger partial charge >= 0.3 is 12.0 Å². The van der Waals surface area contributed by atoms with Crippen LogP contribution in [0.15, 0.2) is 36.7 Å². The van der Waals surface area contributed by atoms with Crippen LogP contribution in [0.2, 0.25) is 0 Å². The maximum atomic E-state index is 11.8. The first kappa shape index (κ1) is 11.1. The fourth-order valence-corrected chi connectivity index (χ4v) is 1.32. The van der Waals surface area contributed by atoms with Gasteiger partial charge in [0.25, 0.3) is 0 Å². The number of nitrogen functional groups attached to an aromatic ring is 1. The van der Waals surface area contributed by atoms with Crippen LogP contribution < -0.4 is 10.5 Å². The predicted molar refractivity (Wildman–Crippen MR) is 62.6 cm³/mol. The molecule has 0 unspecified atom stereocenters. The summed E-state index contributed by atoms with van der Waals surface area (Å²) in [7, 11) is 0. The van der Waals surface area contributed by atoms with E-state index in [0.717, 1.165) is 5.56 Å². The number of hydrogen-bond acceptors (Lipinski definition) is 5. The van der Waals surface area contributed by atoms with Crippen LogP contribution in [0.3, 0.4) is 0 Å². The highest BCUT2D eigenvalue weighted by Gasteiger charge is 2.12. The van der Waals surface area contributed by atoms with E-state index in [-0.39, 0.29) is 6.01 Å². The lowest BCUT2D eigenvalue weighted by molar-refractivity contribution is 0.0718. The second-order valence-electron chi connectivity index (χ2n) is 3.50. The fraction of sp³-hybridized carbons (Fsp3) is 0.0833. The van der Waals surface area contributed by atoms with E-state index < -0.39 is 5.97 Å². The quantitative estimate of drug-likeness (QED) is 0.791. The topological polar surface area (TPSA) is 78.1 Å². The summed E-state index contributed by atoms with van der Waals surface area (Å²) in [6, 6.07) is 7.14. The van der Waals surface area contributed by atoms with Crippen LogP contribution >= 0.6 is 0 Å². The molecular weight excluding hydrogens is 218 g/mol. The number of aryl methyl sites for hydroxylation is 1. The summed E-state index contributed by atoms with van der Waals surface area (Å²) in [5.74, 6) is -0.479. The average molecular weight is 229 g/mol. The first-order valence-electron chi connectivity index (χ1n) is 5.02. The number of esters is 1. The van der Waals surface area contributed by atoms with E-state index in [2.05, 4.69) is 9.97 Å². The lowest BCUT2D eigenvalue weighted by Crippen LogP contribution is -2.12. The predicted octanol–water partition coefficient (Wildman–Crippen LogP) is 1.59. The summed E-state index contributed by atoms with van der Waals surface area (Å²) >= 11 is 0. The highest BCUT2D eigenvalue weighted by Crippen LogP contribution is 2.11. The second kappa shape index (κ2) is 4.61. The van der Waals surface area contributed by atoms with Crippen LogP contribution in [0.25, 0.3) is 0 Å². The first-order chi connectivity index (χ1) is 8.16. The Morgan fingerprint density at radius 1 is 1.24 bits per heavy atom. The van der Waals surface area contributed by atoms with Crippen LogP contribution in [0.1, 0.15) is 15.9 Å². The molecule has 2 aromatic rings. The summed E-state index contributed by atoms with van der Waals surface area (Å²) in [6.45, 7) is 1.83. The minimum absolute atomic E-state index is 0.00699. The zero-order valence-corrected chi connectivity index (χ0v) is 9.25. The minimum Gasteiger partial charge on any atom is -0.396 e. The molecule has 2 N–H and O–H groups in total. The van der Waals surface area contributed by atoms with Crippen LogP contribution in [0.5, 0.6) is 6.01 Å². The Kier molecular flexibility index (Phi) is 3.00. The van der Waals surface area contributed by atoms with Crippen molar-refractivity contribution in [3.05, 3.63) is 47.8 Å². The number of nitrogens with two attached hydrogens (primary N) is 1. The zero-order valence-electron chi connectivity index (χ0n) is 9.25. The lowest BCUT2D eigenvalue weighted by Gasteiger charge is -2.04. The maximum absolute atomic E-state index is 11.8. The Bertz CT molecular complexity index is 538. The van der Waals surface area contributed by atoms with Crippen LogP contribution in [-0.2, 0) is 0 Å². The summed E-state index contributed by atoms with van der Waals surface area (Å²) in [4.78, 5) is 19.4. The van der Waals surface area contributed by atoms with Gasteiger partial charge in [-0.25, -0.2) is 14.8 Å². The summed E-state index contributed by atoms with van der Waals surface area (Å²) in [5.41, 5.74) is 7.18. The summed E-state index contributed by atoms with van der Waals surface area (Å²) in [5, 5.41) is 0. The van der Waals surface area contributed by atoms with Crippen molar-refractivity contribution < 1.29 is 9.53 Å². The van der Waals surface area contributed by atoms with Gasteiger partial charge in [0.15, 0.2) is 0 Å². The van der Waals surface area contributed by atoms with E-state index in [1.54, 1.807) is 12.1 Å². The number of rotatable bonds is 2. The van der Waals surface area contributed by atoms with Crippen molar-refractivity contribution in [2.75, 3.05) is 5.73 Å². The SMILES string of the molecule is Cc1ccccc1C(=O)Oc1ncc(N)cn1. The van der Waals surface area contributed by atoms with E-state index in [0.29, 0.717) is 11.3 Å². The van der Waals surface area contributed by atoms with Crippen LogP contribution in [-0.4, -0.2) is 15.9 Å². The molecule has 5 nitrogen and oxygen atoms in total. The van der Waals surface area contributed by atoms with Gasteiger partial charge in [-0.15, -0.1) is 0 Å². The second-order valence-corrected chi connectivity index (χ2v) is 3.50. The van der Waals surface area contributed by atoms with Gasteiger partial charge in [0.2, 0.25) is 0 Å². The Hall–Kier alpha value is -2.43. The van der Waals surface area contributed by atoms with Gasteiger partial charge in [0.1, 0.15) is 0 Å². The Balaban J connectivity index is 2.17. The molecule has 1 aromatic heterocycles. The van der Waals surface area contributed by atoms with E-state index in [1.165, 1.54) is 12.4 Å². The van der Waals surface area contributed by atoms with E-state index in [1.807, 2.05) is 19.1 Å². The van der Waals surface area contributed by atoms with Gasteiger partial charge in [0.05, 0.1) is 23.6 Å². The zero-order chi connectivity index (χ0) is 12.3. The van der Waals surface area contributed by atoms with E-state index >= 15 is 0 Å². The molecule has 0 bridgehead atoms. The highest BCUT2D eigenvalue weighted by atomic mass is 16.5. The van der Waals surface area contributed by atoms with Gasteiger partial charge in [-0.2, -0.15) is 0 Å². The molecule has 0 aliphatic heterocycles. The van der Waals surface area contributed by atoms with E-state index in [9.17, 15) is 4.79 Å². The molecule has 5 heteroatoms. The number of benzene rings is 1. The van der Waals surface area contributed by atoms with Crippen molar-refractivity contribution in [1.29, 1.82) is 0 Å². The largest absolute Gasteiger partial charge is 0.396 e. The standard InChI is InChI=1S/C12H11N3O2/c1-8-4-2-3-5-10(8)11(16)17-12-14-6-9(13)7-15-12/h2-7H,13H2,1H3. The van der Waals surface area contributed by atoms with Crippen LogP contribution in [0.4, 0.5) is 5.69 Å². The van der Waals surface area contributed by atoms with E-state index in [4.69, 9.17) is 10.5 Å². The molecular formula is C12H11N3O2. The average Bonchev–Trinajstić information content (AvgIpc) is 2.32. The van der Waals surface area contributed by atoms with Gasteiger partial charge in [-0.05, 0) is 18.6 Å². The molecule has 0 fully saturated rings. The molecule has 2 rings (SSSR count). The van der Waals surface area contributed by atoms with Gasteiger partial charge in [-0.1, -0.05) is 18.2 Å². The smallest absolute Gasteiger partial charge is 0.346 e. The number of carbonyl (C=O) groups is 1. The highest BCUT2D eigenvalue weighted by molar-refractivity contribution is 5.92. The third kappa shape index (κ3) is 2.57. The maximum Gasteiger partial charge on any atom is 0.346 e. The van der Waals surface area contributed by atoms with Crippen molar-refractivity contribution in [3.63, 3.8) is 0 Å². The van der Waals surface area contributed by atoms with Gasteiger partial charge < -0.3 is 10.5 Å². The number of hydrogen-bond donors (Lipinski definition) is 1. The normalized spacial score (nSPS) is 9.94. The molecule has 0 aliphatic rings.